The van der Waals surface area contributed by atoms with Crippen molar-refractivity contribution in [2.45, 2.75) is 76.2 Å². The van der Waals surface area contributed by atoms with Gasteiger partial charge in [-0.15, -0.1) is 10.2 Å². The first kappa shape index (κ1) is 48.0. The quantitative estimate of drug-likeness (QED) is 0.102. The topological polar surface area (TPSA) is 236 Å². The number of phenolic OH excluding ortho intramolecular Hbond substituents is 1. The summed E-state index contributed by atoms with van der Waals surface area (Å²) < 4.78 is 17.9. The van der Waals surface area contributed by atoms with Gasteiger partial charge < -0.3 is 50.0 Å². The van der Waals surface area contributed by atoms with Crippen molar-refractivity contribution < 1.29 is 33.8 Å². The fraction of sp³-hybridized carbons (Fsp3) is 0.471. The third-order valence-corrected chi connectivity index (χ3v) is 14.1. The van der Waals surface area contributed by atoms with Crippen LogP contribution in [0.25, 0.3) is 11.3 Å². The molecule has 4 fully saturated rings. The van der Waals surface area contributed by atoms with E-state index in [4.69, 9.17) is 25.0 Å². The first-order valence-corrected chi connectivity index (χ1v) is 24.3. The Morgan fingerprint density at radius 2 is 1.59 bits per heavy atom. The second-order valence-corrected chi connectivity index (χ2v) is 19.1. The zero-order valence-corrected chi connectivity index (χ0v) is 39.9. The molecule has 6 atom stereocenters. The van der Waals surface area contributed by atoms with Gasteiger partial charge in [0, 0.05) is 107 Å². The zero-order chi connectivity index (χ0) is 48.9. The second kappa shape index (κ2) is 21.3. The Kier molecular flexibility index (Phi) is 14.6. The van der Waals surface area contributed by atoms with Gasteiger partial charge >= 0.3 is 0 Å². The van der Waals surface area contributed by atoms with Gasteiger partial charge in [-0.3, -0.25) is 19.4 Å². The van der Waals surface area contributed by atoms with E-state index < -0.39 is 18.1 Å². The maximum absolute atomic E-state index is 14.1. The van der Waals surface area contributed by atoms with Crippen LogP contribution in [0.4, 0.5) is 17.2 Å². The number of para-hydroxylation sites is 1. The van der Waals surface area contributed by atoms with Gasteiger partial charge in [0.1, 0.15) is 30.9 Å². The van der Waals surface area contributed by atoms with Crippen molar-refractivity contribution in [1.29, 1.82) is 5.26 Å². The number of ether oxygens (including phenoxy) is 2. The van der Waals surface area contributed by atoms with Crippen LogP contribution in [-0.4, -0.2) is 153 Å². The molecule has 7 heterocycles. The third-order valence-electron chi connectivity index (χ3n) is 14.1. The number of fused-ring (bicyclic) bond motifs is 2. The lowest BCUT2D eigenvalue weighted by molar-refractivity contribution is -0.141. The number of aromatic hydroxyl groups is 1. The van der Waals surface area contributed by atoms with Crippen LogP contribution in [0.2, 0.25) is 0 Å². The fourth-order valence-electron chi connectivity index (χ4n) is 10.4. The second-order valence-electron chi connectivity index (χ2n) is 19.1. The molecular weight excluding hydrogens is 893 g/mol. The molecular formula is C51H62N12O7. The van der Waals surface area contributed by atoms with Gasteiger partial charge in [-0.2, -0.15) is 5.26 Å². The van der Waals surface area contributed by atoms with E-state index in [0.29, 0.717) is 54.0 Å². The number of aliphatic hydroxyl groups is 1. The highest BCUT2D eigenvalue weighted by atomic mass is 16.5. The first-order valence-electron chi connectivity index (χ1n) is 24.3. The van der Waals surface area contributed by atoms with Crippen LogP contribution in [0, 0.1) is 17.2 Å². The Hall–Kier alpha value is -7.01. The molecule has 2 aromatic carbocycles. The van der Waals surface area contributed by atoms with Gasteiger partial charge in [-0.05, 0) is 72.8 Å². The van der Waals surface area contributed by atoms with Gasteiger partial charge in [-0.1, -0.05) is 38.1 Å². The zero-order valence-electron chi connectivity index (χ0n) is 39.9. The highest BCUT2D eigenvalue weighted by Gasteiger charge is 2.44. The number of pyridine rings is 1. The number of nitrogens with zero attached hydrogens (tertiary/aromatic N) is 10. The SMILES string of the molecule is CC(C)[C@@H](C(=O)N1C[C@H](O)C[C@H]1C(=O)N[C@@H](C)c1ccc(C#N)cc1)c1cc(OCCN2CCN(CCOc3cc(N4C5CCC4CN(c4cc(-c6ccccc6O)nnc4N)C5)ccn3)CC2)no1. The predicted molar refractivity (Wildman–Crippen MR) is 261 cm³/mol. The number of nitrogens with two attached hydrogens (primary N) is 1. The number of likely N-dealkylation sites (tertiary alicyclic amines) is 1. The summed E-state index contributed by atoms with van der Waals surface area (Å²) in [4.78, 5) is 43.1. The van der Waals surface area contributed by atoms with Crippen molar-refractivity contribution >= 4 is 29.0 Å². The minimum atomic E-state index is -0.854. The first-order chi connectivity index (χ1) is 33.9. The maximum Gasteiger partial charge on any atom is 0.254 e. The van der Waals surface area contributed by atoms with Crippen molar-refractivity contribution in [2.75, 3.05) is 87.7 Å². The molecule has 4 saturated heterocycles. The minimum Gasteiger partial charge on any atom is -0.507 e. The summed E-state index contributed by atoms with van der Waals surface area (Å²) in [6.45, 7) is 13.2. The standard InChI is InChI=1S/C51H62N12O7/c1-32(2)48(51(67)62-31-39(64)25-43(62)50(66)55-33(3)35-10-8-34(28-52)9-11-35)45-27-47(58-70-45)69-23-21-60-18-16-59(17-19-60)20-22-68-46-24-36(14-15-54-46)63-37-12-13-38(63)30-61(29-37)42-26-41(56-57-49(42)53)40-6-4-5-7-44(40)65/h4-11,14-15,24,26-27,32-33,37-39,43,48,64-65H,12-13,16-23,25,29-31H2,1-3H3,(H2,53,57)(H,55,66)/t33-,37?,38?,39+,43-,48+/m0/s1. The number of aromatic nitrogens is 4. The molecule has 5 N–H and O–H groups in total. The molecule has 0 aliphatic carbocycles. The number of rotatable bonds is 17. The molecule has 19 nitrogen and oxygen atoms in total. The molecule has 0 radical (unpaired) electrons. The molecule has 3 aromatic heterocycles. The normalized spacial score (nSPS) is 21.4. The number of amides is 2. The fourth-order valence-corrected chi connectivity index (χ4v) is 10.4. The van der Waals surface area contributed by atoms with Crippen LogP contribution in [-0.2, 0) is 9.59 Å². The van der Waals surface area contributed by atoms with E-state index in [1.807, 2.05) is 45.2 Å². The summed E-state index contributed by atoms with van der Waals surface area (Å²) in [7, 11) is 0. The van der Waals surface area contributed by atoms with E-state index >= 15 is 0 Å². The number of aliphatic hydroxyl groups excluding tert-OH is 1. The lowest BCUT2D eigenvalue weighted by Crippen LogP contribution is -2.54. The molecule has 368 valence electrons. The Bertz CT molecular complexity index is 2640. The Morgan fingerprint density at radius 1 is 0.900 bits per heavy atom. The Labute approximate surface area is 407 Å². The van der Waals surface area contributed by atoms with Crippen LogP contribution in [0.15, 0.2) is 83.5 Å². The average Bonchev–Trinajstić information content (AvgIpc) is 4.07. The summed E-state index contributed by atoms with van der Waals surface area (Å²) >= 11 is 0. The van der Waals surface area contributed by atoms with Crippen molar-refractivity contribution in [3.8, 4) is 34.8 Å². The number of hydrogen-bond donors (Lipinski definition) is 4. The molecule has 5 aromatic rings. The Morgan fingerprint density at radius 3 is 2.26 bits per heavy atom. The summed E-state index contributed by atoms with van der Waals surface area (Å²) in [6.07, 6.45) is 3.23. The Balaban J connectivity index is 0.706. The highest BCUT2D eigenvalue weighted by Crippen LogP contribution is 2.40. The third kappa shape index (κ3) is 10.7. The molecule has 4 aliphatic rings. The molecule has 9 rings (SSSR count). The number of nitrogens with one attached hydrogen (secondary N) is 1. The summed E-state index contributed by atoms with van der Waals surface area (Å²) in [6, 6.07) is 23.2. The number of nitrogen functional groups attached to an aromatic ring is 1. The number of carbonyl (C=O) groups is 2. The summed E-state index contributed by atoms with van der Waals surface area (Å²) in [5.74, 6) is 0.168. The molecule has 2 unspecified atom stereocenters. The van der Waals surface area contributed by atoms with Gasteiger partial charge in [0.15, 0.2) is 11.6 Å². The largest absolute Gasteiger partial charge is 0.507 e. The summed E-state index contributed by atoms with van der Waals surface area (Å²) in [5, 5.41) is 45.8. The predicted octanol–water partition coefficient (Wildman–Crippen LogP) is 4.20. The number of hydrogen-bond acceptors (Lipinski definition) is 17. The molecule has 0 spiro atoms. The molecule has 70 heavy (non-hydrogen) atoms. The number of anilines is 3. The highest BCUT2D eigenvalue weighted by molar-refractivity contribution is 5.91. The van der Waals surface area contributed by atoms with E-state index in [1.54, 1.807) is 42.5 Å². The number of phenols is 1. The van der Waals surface area contributed by atoms with Crippen LogP contribution < -0.4 is 30.3 Å². The van der Waals surface area contributed by atoms with E-state index in [0.717, 1.165) is 75.6 Å². The minimum absolute atomic E-state index is 0.0320. The number of β-amino-alcohol motifs (C(OH)–C–C–N with tert-alkyl or cyclic N) is 1. The van der Waals surface area contributed by atoms with Crippen molar-refractivity contribution in [2.24, 2.45) is 5.92 Å². The van der Waals surface area contributed by atoms with E-state index in [2.05, 4.69) is 63.5 Å². The van der Waals surface area contributed by atoms with Crippen molar-refractivity contribution in [3.05, 3.63) is 95.9 Å². The van der Waals surface area contributed by atoms with Gasteiger partial charge in [0.05, 0.1) is 35.2 Å². The lowest BCUT2D eigenvalue weighted by Gasteiger charge is -2.43. The number of carbonyl (C=O) groups excluding carboxylic acids is 2. The van der Waals surface area contributed by atoms with Gasteiger partial charge in [0.25, 0.3) is 5.88 Å². The van der Waals surface area contributed by atoms with Crippen LogP contribution in [0.3, 0.4) is 0 Å². The molecule has 19 heteroatoms. The molecule has 2 bridgehead atoms. The van der Waals surface area contributed by atoms with Crippen LogP contribution in [0.1, 0.15) is 68.9 Å². The van der Waals surface area contributed by atoms with E-state index in [-0.39, 0.29) is 60.5 Å². The molecule has 0 saturated carbocycles. The monoisotopic (exact) mass is 954 g/mol. The maximum atomic E-state index is 14.1. The number of piperazine rings is 2. The molecule has 2 amide bonds. The smallest absolute Gasteiger partial charge is 0.254 e. The lowest BCUT2D eigenvalue weighted by atomic mass is 9.91. The van der Waals surface area contributed by atoms with Crippen molar-refractivity contribution in [3.63, 3.8) is 0 Å². The van der Waals surface area contributed by atoms with Crippen LogP contribution >= 0.6 is 0 Å². The average molecular weight is 955 g/mol. The number of benzene rings is 2. The summed E-state index contributed by atoms with van der Waals surface area (Å²) in [5.41, 5.74) is 10.9. The number of nitriles is 1. The van der Waals surface area contributed by atoms with Gasteiger partial charge in [-0.25, -0.2) is 4.98 Å². The van der Waals surface area contributed by atoms with Crippen LogP contribution in [0.5, 0.6) is 17.5 Å². The van der Waals surface area contributed by atoms with Crippen molar-refractivity contribution in [1.82, 2.24) is 40.4 Å². The van der Waals surface area contributed by atoms with E-state index in [1.165, 1.54) is 4.90 Å². The molecule has 4 aliphatic heterocycles. The van der Waals surface area contributed by atoms with E-state index in [9.17, 15) is 19.8 Å². The van der Waals surface area contributed by atoms with Gasteiger partial charge in [0.2, 0.25) is 17.7 Å².